The molecule has 1 aliphatic carbocycles. The molecule has 4 heteroatoms. The number of hydrogen-bond donors (Lipinski definition) is 1. The number of halogens is 1. The number of hydrogen-bond acceptors (Lipinski definition) is 3. The molecular formula is C14H20FNO2. The van der Waals surface area contributed by atoms with Crippen molar-refractivity contribution in [2.75, 3.05) is 20.4 Å². The monoisotopic (exact) mass is 253 g/mol. The van der Waals surface area contributed by atoms with Crippen LogP contribution in [0.5, 0.6) is 11.5 Å². The molecule has 0 heterocycles. The molecule has 0 spiro atoms. The van der Waals surface area contributed by atoms with Crippen LogP contribution >= 0.6 is 0 Å². The quantitative estimate of drug-likeness (QED) is 0.723. The fourth-order valence-electron chi connectivity index (χ4n) is 1.73. The molecule has 1 saturated carbocycles. The number of benzene rings is 1. The summed E-state index contributed by atoms with van der Waals surface area (Å²) < 4.78 is 22.8. The normalized spacial score (nSPS) is 14.6. The Morgan fingerprint density at radius 2 is 2.17 bits per heavy atom. The summed E-state index contributed by atoms with van der Waals surface area (Å²) in [5.74, 6) is 1.39. The van der Waals surface area contributed by atoms with Crippen LogP contribution in [0.1, 0.15) is 24.8 Å². The summed E-state index contributed by atoms with van der Waals surface area (Å²) in [6.07, 6.45) is 2.97. The van der Waals surface area contributed by atoms with Gasteiger partial charge in [-0.05, 0) is 30.5 Å². The summed E-state index contributed by atoms with van der Waals surface area (Å²) in [4.78, 5) is 0. The van der Waals surface area contributed by atoms with Gasteiger partial charge in [0.05, 0.1) is 20.4 Å². The fourth-order valence-corrected chi connectivity index (χ4v) is 1.73. The molecule has 1 aliphatic rings. The van der Waals surface area contributed by atoms with E-state index in [9.17, 15) is 4.39 Å². The van der Waals surface area contributed by atoms with Crippen LogP contribution in [0.2, 0.25) is 0 Å². The molecule has 0 bridgehead atoms. The highest BCUT2D eigenvalue weighted by Gasteiger charge is 2.20. The van der Waals surface area contributed by atoms with E-state index in [0.717, 1.165) is 6.54 Å². The summed E-state index contributed by atoms with van der Waals surface area (Å²) in [7, 11) is 1.62. The Balaban J connectivity index is 1.92. The van der Waals surface area contributed by atoms with Crippen molar-refractivity contribution in [1.29, 1.82) is 0 Å². The lowest BCUT2D eigenvalue weighted by Crippen LogP contribution is -2.15. The molecule has 0 radical (unpaired) electrons. The second-order valence-corrected chi connectivity index (χ2v) is 4.53. The second-order valence-electron chi connectivity index (χ2n) is 4.53. The first-order chi connectivity index (χ1) is 8.83. The van der Waals surface area contributed by atoms with Gasteiger partial charge in [-0.3, -0.25) is 4.39 Å². The van der Waals surface area contributed by atoms with Crippen molar-refractivity contribution >= 4 is 0 Å². The third-order valence-corrected chi connectivity index (χ3v) is 2.94. The van der Waals surface area contributed by atoms with E-state index >= 15 is 0 Å². The maximum Gasteiger partial charge on any atom is 0.161 e. The molecule has 0 saturated heterocycles. The minimum atomic E-state index is -0.355. The van der Waals surface area contributed by atoms with Crippen LogP contribution in [-0.4, -0.2) is 26.4 Å². The fraction of sp³-hybridized carbons (Fsp3) is 0.571. The van der Waals surface area contributed by atoms with Crippen molar-refractivity contribution < 1.29 is 13.9 Å². The van der Waals surface area contributed by atoms with E-state index in [1.807, 2.05) is 18.2 Å². The first-order valence-corrected chi connectivity index (χ1v) is 6.42. The molecule has 1 fully saturated rings. The van der Waals surface area contributed by atoms with E-state index in [0.29, 0.717) is 30.6 Å². The lowest BCUT2D eigenvalue weighted by molar-refractivity contribution is 0.273. The van der Waals surface area contributed by atoms with Gasteiger partial charge in [0, 0.05) is 19.0 Å². The van der Waals surface area contributed by atoms with Gasteiger partial charge in [0.1, 0.15) is 0 Å². The number of methoxy groups -OCH3 is 1. The van der Waals surface area contributed by atoms with Crippen molar-refractivity contribution in [1.82, 2.24) is 5.32 Å². The molecule has 0 atom stereocenters. The molecule has 3 nitrogen and oxygen atoms in total. The largest absolute Gasteiger partial charge is 0.493 e. The van der Waals surface area contributed by atoms with Gasteiger partial charge in [-0.15, -0.1) is 0 Å². The molecule has 0 aliphatic heterocycles. The van der Waals surface area contributed by atoms with Gasteiger partial charge in [-0.2, -0.15) is 0 Å². The van der Waals surface area contributed by atoms with E-state index < -0.39 is 0 Å². The molecule has 1 N–H and O–H groups in total. The van der Waals surface area contributed by atoms with E-state index in [1.54, 1.807) is 7.11 Å². The standard InChI is InChI=1S/C14H20FNO2/c1-17-14-9-11(10-16-12-4-5-12)3-6-13(14)18-8-2-7-15/h3,6,9,12,16H,2,4-5,7-8,10H2,1H3. The van der Waals surface area contributed by atoms with Gasteiger partial charge in [-0.25, -0.2) is 0 Å². The Kier molecular flexibility index (Phi) is 4.81. The Bertz CT molecular complexity index is 380. The van der Waals surface area contributed by atoms with Crippen LogP contribution in [0.15, 0.2) is 18.2 Å². The van der Waals surface area contributed by atoms with E-state index in [1.165, 1.54) is 18.4 Å². The number of rotatable bonds is 8. The van der Waals surface area contributed by atoms with Gasteiger partial charge < -0.3 is 14.8 Å². The van der Waals surface area contributed by atoms with Crippen LogP contribution in [0.3, 0.4) is 0 Å². The summed E-state index contributed by atoms with van der Waals surface area (Å²) in [5.41, 5.74) is 1.18. The van der Waals surface area contributed by atoms with Gasteiger partial charge >= 0.3 is 0 Å². The SMILES string of the molecule is COc1cc(CNC2CC2)ccc1OCCCF. The van der Waals surface area contributed by atoms with Crippen molar-refractivity contribution in [3.05, 3.63) is 23.8 Å². The third kappa shape index (κ3) is 3.88. The summed E-state index contributed by atoms with van der Waals surface area (Å²) in [6, 6.07) is 6.57. The zero-order valence-corrected chi connectivity index (χ0v) is 10.7. The molecule has 1 aromatic rings. The smallest absolute Gasteiger partial charge is 0.161 e. The maximum absolute atomic E-state index is 12.0. The zero-order chi connectivity index (χ0) is 12.8. The highest BCUT2D eigenvalue weighted by Crippen LogP contribution is 2.28. The molecular weight excluding hydrogens is 233 g/mol. The van der Waals surface area contributed by atoms with Gasteiger partial charge in [-0.1, -0.05) is 6.07 Å². The third-order valence-electron chi connectivity index (χ3n) is 2.94. The molecule has 1 aromatic carbocycles. The van der Waals surface area contributed by atoms with E-state index in [-0.39, 0.29) is 6.67 Å². The van der Waals surface area contributed by atoms with Crippen LogP contribution in [-0.2, 0) is 6.54 Å². The number of nitrogens with one attached hydrogen (secondary N) is 1. The average Bonchev–Trinajstić information content (AvgIpc) is 3.21. The Morgan fingerprint density at radius 1 is 1.33 bits per heavy atom. The molecule has 2 rings (SSSR count). The van der Waals surface area contributed by atoms with Gasteiger partial charge in [0.15, 0.2) is 11.5 Å². The first-order valence-electron chi connectivity index (χ1n) is 6.42. The highest BCUT2D eigenvalue weighted by molar-refractivity contribution is 5.43. The maximum atomic E-state index is 12.0. The molecule has 0 amide bonds. The lowest BCUT2D eigenvalue weighted by Gasteiger charge is -2.12. The zero-order valence-electron chi connectivity index (χ0n) is 10.7. The Morgan fingerprint density at radius 3 is 2.83 bits per heavy atom. The highest BCUT2D eigenvalue weighted by atomic mass is 19.1. The molecule has 100 valence electrons. The number of alkyl halides is 1. The Hall–Kier alpha value is -1.29. The van der Waals surface area contributed by atoms with E-state index in [4.69, 9.17) is 9.47 Å². The molecule has 0 aromatic heterocycles. The van der Waals surface area contributed by atoms with Crippen molar-refractivity contribution in [2.24, 2.45) is 0 Å². The predicted octanol–water partition coefficient (Wildman–Crippen LogP) is 2.69. The van der Waals surface area contributed by atoms with Crippen LogP contribution in [0.25, 0.3) is 0 Å². The second kappa shape index (κ2) is 6.59. The lowest BCUT2D eigenvalue weighted by atomic mass is 10.2. The number of ether oxygens (including phenoxy) is 2. The minimum Gasteiger partial charge on any atom is -0.493 e. The molecule has 0 unspecified atom stereocenters. The summed E-state index contributed by atoms with van der Waals surface area (Å²) >= 11 is 0. The summed E-state index contributed by atoms with van der Waals surface area (Å²) in [6.45, 7) is 0.879. The topological polar surface area (TPSA) is 30.5 Å². The first kappa shape index (κ1) is 13.1. The Labute approximate surface area is 107 Å². The van der Waals surface area contributed by atoms with Crippen molar-refractivity contribution in [3.8, 4) is 11.5 Å². The van der Waals surface area contributed by atoms with Crippen LogP contribution in [0.4, 0.5) is 4.39 Å². The van der Waals surface area contributed by atoms with Crippen LogP contribution < -0.4 is 14.8 Å². The van der Waals surface area contributed by atoms with Crippen LogP contribution in [0, 0.1) is 0 Å². The van der Waals surface area contributed by atoms with Gasteiger partial charge in [0.2, 0.25) is 0 Å². The molecule has 18 heavy (non-hydrogen) atoms. The van der Waals surface area contributed by atoms with Crippen molar-refractivity contribution in [3.63, 3.8) is 0 Å². The van der Waals surface area contributed by atoms with E-state index in [2.05, 4.69) is 5.32 Å². The predicted molar refractivity (Wildman–Crippen MR) is 68.9 cm³/mol. The average molecular weight is 253 g/mol. The van der Waals surface area contributed by atoms with Gasteiger partial charge in [0.25, 0.3) is 0 Å². The summed E-state index contributed by atoms with van der Waals surface area (Å²) in [5, 5.41) is 3.45. The minimum absolute atomic E-state index is 0.355. The van der Waals surface area contributed by atoms with Crippen molar-refractivity contribution in [2.45, 2.75) is 31.8 Å².